The SMILES string of the molecule is CCNC(=NCCc1ccc(F)cc1F)N1CCCC1. The minimum atomic E-state index is -0.542. The number of hydrogen-bond acceptors (Lipinski definition) is 1. The van der Waals surface area contributed by atoms with Crippen LogP contribution in [0.5, 0.6) is 0 Å². The summed E-state index contributed by atoms with van der Waals surface area (Å²) in [5.41, 5.74) is 0.507. The number of likely N-dealkylation sites (tertiary alicyclic amines) is 1. The van der Waals surface area contributed by atoms with Crippen LogP contribution >= 0.6 is 0 Å². The van der Waals surface area contributed by atoms with Crippen molar-refractivity contribution < 1.29 is 8.78 Å². The molecule has 110 valence electrons. The molecular formula is C15H21F2N3. The zero-order valence-electron chi connectivity index (χ0n) is 11.8. The second-order valence-corrected chi connectivity index (χ2v) is 4.92. The van der Waals surface area contributed by atoms with Crippen molar-refractivity contribution in [1.82, 2.24) is 10.2 Å². The minimum absolute atomic E-state index is 0.481. The molecule has 1 N–H and O–H groups in total. The maximum Gasteiger partial charge on any atom is 0.193 e. The molecule has 0 bridgehead atoms. The van der Waals surface area contributed by atoms with E-state index in [1.54, 1.807) is 0 Å². The maximum atomic E-state index is 13.5. The van der Waals surface area contributed by atoms with Crippen LogP contribution in [0.25, 0.3) is 0 Å². The van der Waals surface area contributed by atoms with E-state index in [1.807, 2.05) is 6.92 Å². The molecule has 1 aromatic rings. The summed E-state index contributed by atoms with van der Waals surface area (Å²) >= 11 is 0. The van der Waals surface area contributed by atoms with E-state index in [2.05, 4.69) is 15.2 Å². The first-order chi connectivity index (χ1) is 9.70. The van der Waals surface area contributed by atoms with Crippen LogP contribution < -0.4 is 5.32 Å². The molecule has 2 rings (SSSR count). The normalized spacial score (nSPS) is 15.8. The number of aliphatic imine (C=N–C) groups is 1. The summed E-state index contributed by atoms with van der Waals surface area (Å²) < 4.78 is 26.3. The van der Waals surface area contributed by atoms with Gasteiger partial charge in [-0.3, -0.25) is 4.99 Å². The number of nitrogens with one attached hydrogen (secondary N) is 1. The molecule has 0 aliphatic carbocycles. The third-order valence-corrected chi connectivity index (χ3v) is 3.40. The number of guanidine groups is 1. The Balaban J connectivity index is 1.95. The van der Waals surface area contributed by atoms with Gasteiger partial charge in [-0.1, -0.05) is 6.07 Å². The maximum absolute atomic E-state index is 13.5. The van der Waals surface area contributed by atoms with E-state index in [9.17, 15) is 8.78 Å². The zero-order chi connectivity index (χ0) is 14.4. The van der Waals surface area contributed by atoms with Gasteiger partial charge in [0.1, 0.15) is 11.6 Å². The molecule has 1 fully saturated rings. The van der Waals surface area contributed by atoms with Crippen molar-refractivity contribution in [3.63, 3.8) is 0 Å². The van der Waals surface area contributed by atoms with Crippen molar-refractivity contribution >= 4 is 5.96 Å². The van der Waals surface area contributed by atoms with Crippen molar-refractivity contribution in [2.24, 2.45) is 4.99 Å². The van der Waals surface area contributed by atoms with Crippen LogP contribution in [-0.4, -0.2) is 37.0 Å². The van der Waals surface area contributed by atoms with Crippen molar-refractivity contribution in [1.29, 1.82) is 0 Å². The number of hydrogen-bond donors (Lipinski definition) is 1. The Bertz CT molecular complexity index is 468. The highest BCUT2D eigenvalue weighted by molar-refractivity contribution is 5.80. The quantitative estimate of drug-likeness (QED) is 0.678. The lowest BCUT2D eigenvalue weighted by atomic mass is 10.1. The summed E-state index contributed by atoms with van der Waals surface area (Å²) in [7, 11) is 0. The molecule has 0 spiro atoms. The van der Waals surface area contributed by atoms with Gasteiger partial charge in [0, 0.05) is 32.2 Å². The van der Waals surface area contributed by atoms with Crippen molar-refractivity contribution in [2.45, 2.75) is 26.2 Å². The molecule has 0 saturated carbocycles. The smallest absolute Gasteiger partial charge is 0.193 e. The van der Waals surface area contributed by atoms with Gasteiger partial charge in [-0.2, -0.15) is 0 Å². The molecule has 5 heteroatoms. The lowest BCUT2D eigenvalue weighted by molar-refractivity contribution is 0.493. The van der Waals surface area contributed by atoms with Crippen molar-refractivity contribution in [3.05, 3.63) is 35.4 Å². The molecule has 1 heterocycles. The van der Waals surface area contributed by atoms with Gasteiger partial charge in [-0.25, -0.2) is 8.78 Å². The summed E-state index contributed by atoms with van der Waals surface area (Å²) in [5, 5.41) is 3.26. The molecule has 1 aromatic carbocycles. The standard InChI is InChI=1S/C15H21F2N3/c1-2-18-15(20-9-3-4-10-20)19-8-7-12-5-6-13(16)11-14(12)17/h5-6,11H,2-4,7-10H2,1H3,(H,18,19). The molecule has 0 aromatic heterocycles. The fraction of sp³-hybridized carbons (Fsp3) is 0.533. The Morgan fingerprint density at radius 2 is 2.05 bits per heavy atom. The number of benzene rings is 1. The van der Waals surface area contributed by atoms with Crippen molar-refractivity contribution in [2.75, 3.05) is 26.2 Å². The Morgan fingerprint density at radius 1 is 1.30 bits per heavy atom. The number of rotatable bonds is 4. The fourth-order valence-electron chi connectivity index (χ4n) is 2.36. The second kappa shape index (κ2) is 7.22. The van der Waals surface area contributed by atoms with Gasteiger partial charge in [0.15, 0.2) is 5.96 Å². The summed E-state index contributed by atoms with van der Waals surface area (Å²) in [4.78, 5) is 6.75. The number of halogens is 2. The summed E-state index contributed by atoms with van der Waals surface area (Å²) in [6.45, 7) is 5.40. The highest BCUT2D eigenvalue weighted by Crippen LogP contribution is 2.11. The van der Waals surface area contributed by atoms with E-state index in [0.29, 0.717) is 18.5 Å². The summed E-state index contributed by atoms with van der Waals surface area (Å²) in [6.07, 6.45) is 2.86. The first-order valence-corrected chi connectivity index (χ1v) is 7.18. The monoisotopic (exact) mass is 281 g/mol. The molecule has 0 atom stereocenters. The van der Waals surface area contributed by atoms with Gasteiger partial charge in [0.25, 0.3) is 0 Å². The van der Waals surface area contributed by atoms with Crippen LogP contribution in [0, 0.1) is 11.6 Å². The van der Waals surface area contributed by atoms with E-state index >= 15 is 0 Å². The molecule has 0 unspecified atom stereocenters. The lowest BCUT2D eigenvalue weighted by Crippen LogP contribution is -2.39. The van der Waals surface area contributed by atoms with Crippen LogP contribution in [0.1, 0.15) is 25.3 Å². The molecule has 1 aliphatic rings. The zero-order valence-corrected chi connectivity index (χ0v) is 11.8. The second-order valence-electron chi connectivity index (χ2n) is 4.92. The first kappa shape index (κ1) is 14.8. The van der Waals surface area contributed by atoms with Crippen LogP contribution in [0.15, 0.2) is 23.2 Å². The lowest BCUT2D eigenvalue weighted by Gasteiger charge is -2.20. The van der Waals surface area contributed by atoms with Gasteiger partial charge >= 0.3 is 0 Å². The average molecular weight is 281 g/mol. The van der Waals surface area contributed by atoms with Crippen LogP contribution in [0.2, 0.25) is 0 Å². The average Bonchev–Trinajstić information content (AvgIpc) is 2.94. The van der Waals surface area contributed by atoms with E-state index in [4.69, 9.17) is 0 Å². The third-order valence-electron chi connectivity index (χ3n) is 3.40. The molecule has 0 radical (unpaired) electrons. The Hall–Kier alpha value is -1.65. The summed E-state index contributed by atoms with van der Waals surface area (Å²) in [6, 6.07) is 3.70. The molecular weight excluding hydrogens is 260 g/mol. The van der Waals surface area contributed by atoms with Gasteiger partial charge in [-0.05, 0) is 37.8 Å². The predicted octanol–water partition coefficient (Wildman–Crippen LogP) is 2.57. The third kappa shape index (κ3) is 3.92. The van der Waals surface area contributed by atoms with E-state index in [1.165, 1.54) is 25.0 Å². The topological polar surface area (TPSA) is 27.6 Å². The van der Waals surface area contributed by atoms with Crippen LogP contribution in [0.4, 0.5) is 8.78 Å². The van der Waals surface area contributed by atoms with Gasteiger partial charge in [0.2, 0.25) is 0 Å². The van der Waals surface area contributed by atoms with E-state index in [0.717, 1.165) is 31.7 Å². The molecule has 0 amide bonds. The Morgan fingerprint density at radius 3 is 2.70 bits per heavy atom. The highest BCUT2D eigenvalue weighted by Gasteiger charge is 2.15. The van der Waals surface area contributed by atoms with E-state index in [-0.39, 0.29) is 0 Å². The largest absolute Gasteiger partial charge is 0.357 e. The highest BCUT2D eigenvalue weighted by atomic mass is 19.1. The molecule has 3 nitrogen and oxygen atoms in total. The first-order valence-electron chi connectivity index (χ1n) is 7.18. The summed E-state index contributed by atoms with van der Waals surface area (Å²) in [5.74, 6) is -0.140. The van der Waals surface area contributed by atoms with Crippen LogP contribution in [-0.2, 0) is 6.42 Å². The van der Waals surface area contributed by atoms with Gasteiger partial charge in [-0.15, -0.1) is 0 Å². The fourth-order valence-corrected chi connectivity index (χ4v) is 2.36. The van der Waals surface area contributed by atoms with Crippen molar-refractivity contribution in [3.8, 4) is 0 Å². The minimum Gasteiger partial charge on any atom is -0.357 e. The van der Waals surface area contributed by atoms with Gasteiger partial charge < -0.3 is 10.2 Å². The Labute approximate surface area is 118 Å². The molecule has 20 heavy (non-hydrogen) atoms. The van der Waals surface area contributed by atoms with Crippen LogP contribution in [0.3, 0.4) is 0 Å². The van der Waals surface area contributed by atoms with Gasteiger partial charge in [0.05, 0.1) is 0 Å². The Kier molecular flexibility index (Phi) is 5.32. The predicted molar refractivity (Wildman–Crippen MR) is 76.8 cm³/mol. The number of nitrogens with zero attached hydrogens (tertiary/aromatic N) is 2. The van der Waals surface area contributed by atoms with E-state index < -0.39 is 11.6 Å². The molecule has 1 aliphatic heterocycles. The molecule has 1 saturated heterocycles.